The Morgan fingerprint density at radius 1 is 1.18 bits per heavy atom. The highest BCUT2D eigenvalue weighted by Crippen LogP contribution is 2.28. The molecule has 1 N–H and O–H groups in total. The molecule has 144 valence electrons. The number of nitrogens with one attached hydrogen (secondary N) is 1. The fourth-order valence-electron chi connectivity index (χ4n) is 2.29. The number of halogens is 2. The number of amides is 1. The maximum absolute atomic E-state index is 13.3. The van der Waals surface area contributed by atoms with Crippen molar-refractivity contribution in [1.29, 1.82) is 0 Å². The molecule has 0 unspecified atom stereocenters. The molecule has 0 fully saturated rings. The minimum Gasteiger partial charge on any atom is -0.493 e. The highest BCUT2D eigenvalue weighted by molar-refractivity contribution is 7.14. The van der Waals surface area contributed by atoms with E-state index in [1.165, 1.54) is 31.4 Å². The van der Waals surface area contributed by atoms with Gasteiger partial charge in [0.25, 0.3) is 5.91 Å². The third kappa shape index (κ3) is 4.49. The number of nitrogens with zero attached hydrogens (tertiary/aromatic N) is 1. The lowest BCUT2D eigenvalue weighted by atomic mass is 10.2. The molecule has 6 nitrogen and oxygen atoms in total. The number of hydrogen-bond donors (Lipinski definition) is 1. The first kappa shape index (κ1) is 19.4. The minimum atomic E-state index is -0.973. The van der Waals surface area contributed by atoms with Crippen LogP contribution in [0, 0.1) is 11.6 Å². The first-order chi connectivity index (χ1) is 13.5. The van der Waals surface area contributed by atoms with Gasteiger partial charge in [-0.05, 0) is 36.4 Å². The Bertz CT molecular complexity index is 1020. The van der Waals surface area contributed by atoms with Crippen LogP contribution in [0.4, 0.5) is 13.9 Å². The third-order valence-electron chi connectivity index (χ3n) is 3.65. The van der Waals surface area contributed by atoms with Crippen molar-refractivity contribution in [3.63, 3.8) is 0 Å². The lowest BCUT2D eigenvalue weighted by Gasteiger charge is -2.10. The molecular weight excluding hydrogens is 390 g/mol. The van der Waals surface area contributed by atoms with Crippen LogP contribution in [0.3, 0.4) is 0 Å². The summed E-state index contributed by atoms with van der Waals surface area (Å²) >= 11 is 1.14. The molecule has 3 aromatic rings. The normalized spacial score (nSPS) is 10.4. The molecule has 0 aliphatic rings. The van der Waals surface area contributed by atoms with Crippen molar-refractivity contribution >= 4 is 28.7 Å². The van der Waals surface area contributed by atoms with Crippen LogP contribution in [-0.2, 0) is 4.79 Å². The first-order valence-corrected chi connectivity index (χ1v) is 8.85. The third-order valence-corrected chi connectivity index (χ3v) is 4.41. The number of aromatic nitrogens is 1. The van der Waals surface area contributed by atoms with Gasteiger partial charge in [-0.15, -0.1) is 11.3 Å². The Labute approximate surface area is 162 Å². The van der Waals surface area contributed by atoms with E-state index in [-0.39, 0.29) is 11.7 Å². The van der Waals surface area contributed by atoms with E-state index in [1.807, 2.05) is 0 Å². The molecule has 1 heterocycles. The van der Waals surface area contributed by atoms with Crippen LogP contribution < -0.4 is 14.8 Å². The van der Waals surface area contributed by atoms with Crippen LogP contribution in [0.25, 0.3) is 11.3 Å². The summed E-state index contributed by atoms with van der Waals surface area (Å²) in [4.78, 5) is 27.0. The Morgan fingerprint density at radius 3 is 2.71 bits per heavy atom. The standard InChI is InChI=1S/C19H14F2N2O4S/c1-26-17-6-11(8-24)2-5-16(17)27-9-18(25)23-19-22-15(10-28-19)12-3-4-13(20)14(21)7-12/h2-8,10H,9H2,1H3,(H,22,23,25). The molecule has 0 bridgehead atoms. The summed E-state index contributed by atoms with van der Waals surface area (Å²) < 4.78 is 36.9. The summed E-state index contributed by atoms with van der Waals surface area (Å²) in [6.07, 6.45) is 0.673. The number of carbonyl (C=O) groups excluding carboxylic acids is 2. The molecule has 1 amide bonds. The van der Waals surface area contributed by atoms with Gasteiger partial charge in [0, 0.05) is 16.5 Å². The number of aldehydes is 1. The van der Waals surface area contributed by atoms with Gasteiger partial charge in [0.1, 0.15) is 6.29 Å². The van der Waals surface area contributed by atoms with Crippen LogP contribution in [0.2, 0.25) is 0 Å². The average Bonchev–Trinajstić information content (AvgIpc) is 3.16. The number of thiazole rings is 1. The van der Waals surface area contributed by atoms with Gasteiger partial charge in [0.05, 0.1) is 12.8 Å². The molecule has 9 heteroatoms. The summed E-state index contributed by atoms with van der Waals surface area (Å²) in [6, 6.07) is 8.01. The predicted octanol–water partition coefficient (Wildman–Crippen LogP) is 3.93. The van der Waals surface area contributed by atoms with Gasteiger partial charge >= 0.3 is 0 Å². The minimum absolute atomic E-state index is 0.289. The highest BCUT2D eigenvalue weighted by Gasteiger charge is 2.12. The zero-order chi connectivity index (χ0) is 20.1. The van der Waals surface area contributed by atoms with Crippen LogP contribution in [0.15, 0.2) is 41.8 Å². The average molecular weight is 404 g/mol. The number of hydrogen-bond acceptors (Lipinski definition) is 6. The second-order valence-corrected chi connectivity index (χ2v) is 6.39. The maximum atomic E-state index is 13.3. The number of benzene rings is 2. The molecule has 0 saturated carbocycles. The van der Waals surface area contributed by atoms with Crippen molar-refractivity contribution in [2.45, 2.75) is 0 Å². The molecule has 0 atom stereocenters. The van der Waals surface area contributed by atoms with Crippen LogP contribution in [0.5, 0.6) is 11.5 Å². The van der Waals surface area contributed by atoms with Gasteiger partial charge < -0.3 is 9.47 Å². The van der Waals surface area contributed by atoms with E-state index in [1.54, 1.807) is 5.38 Å². The molecule has 0 saturated heterocycles. The van der Waals surface area contributed by atoms with Crippen molar-refractivity contribution in [1.82, 2.24) is 4.98 Å². The van der Waals surface area contributed by atoms with Gasteiger partial charge in [-0.3, -0.25) is 14.9 Å². The maximum Gasteiger partial charge on any atom is 0.264 e. The van der Waals surface area contributed by atoms with Gasteiger partial charge in [0.2, 0.25) is 0 Å². The van der Waals surface area contributed by atoms with Crippen LogP contribution in [-0.4, -0.2) is 30.9 Å². The number of methoxy groups -OCH3 is 1. The van der Waals surface area contributed by atoms with Gasteiger partial charge in [-0.1, -0.05) is 0 Å². The molecular formula is C19H14F2N2O4S. The number of anilines is 1. The Kier molecular flexibility index (Phi) is 5.95. The molecule has 0 aliphatic carbocycles. The van der Waals surface area contributed by atoms with Crippen molar-refractivity contribution in [2.24, 2.45) is 0 Å². The van der Waals surface area contributed by atoms with Gasteiger partial charge in [-0.25, -0.2) is 13.8 Å². The molecule has 1 aromatic heterocycles. The fraction of sp³-hybridized carbons (Fsp3) is 0.105. The number of rotatable bonds is 7. The lowest BCUT2D eigenvalue weighted by molar-refractivity contribution is -0.118. The predicted molar refractivity (Wildman–Crippen MR) is 100.0 cm³/mol. The van der Waals surface area contributed by atoms with Crippen molar-refractivity contribution in [2.75, 3.05) is 19.0 Å². The smallest absolute Gasteiger partial charge is 0.264 e. The van der Waals surface area contributed by atoms with Gasteiger partial charge in [-0.2, -0.15) is 0 Å². The second kappa shape index (κ2) is 8.57. The van der Waals surface area contributed by atoms with Crippen molar-refractivity contribution in [3.8, 4) is 22.8 Å². The van der Waals surface area contributed by atoms with Crippen LogP contribution >= 0.6 is 11.3 Å². The zero-order valence-corrected chi connectivity index (χ0v) is 15.4. The Morgan fingerprint density at radius 2 is 2.00 bits per heavy atom. The highest BCUT2D eigenvalue weighted by atomic mass is 32.1. The van der Waals surface area contributed by atoms with E-state index in [0.29, 0.717) is 34.6 Å². The van der Waals surface area contributed by atoms with E-state index in [0.717, 1.165) is 23.5 Å². The first-order valence-electron chi connectivity index (χ1n) is 7.97. The zero-order valence-electron chi connectivity index (χ0n) is 14.6. The summed E-state index contributed by atoms with van der Waals surface area (Å²) in [6.45, 7) is -0.309. The topological polar surface area (TPSA) is 77.5 Å². The van der Waals surface area contributed by atoms with E-state index in [9.17, 15) is 18.4 Å². The summed E-state index contributed by atoms with van der Waals surface area (Å²) in [5.41, 5.74) is 1.22. The number of carbonyl (C=O) groups is 2. The molecule has 0 radical (unpaired) electrons. The fourth-order valence-corrected chi connectivity index (χ4v) is 3.03. The molecule has 0 aliphatic heterocycles. The Hall–Kier alpha value is -3.33. The monoisotopic (exact) mass is 404 g/mol. The van der Waals surface area contributed by atoms with E-state index < -0.39 is 17.5 Å². The summed E-state index contributed by atoms with van der Waals surface area (Å²) in [7, 11) is 1.42. The van der Waals surface area contributed by atoms with Crippen LogP contribution in [0.1, 0.15) is 10.4 Å². The Balaban J connectivity index is 1.62. The molecule has 0 spiro atoms. The SMILES string of the molecule is COc1cc(C=O)ccc1OCC(=O)Nc1nc(-c2ccc(F)c(F)c2)cs1. The summed E-state index contributed by atoms with van der Waals surface area (Å²) in [5.74, 6) is -1.75. The van der Waals surface area contributed by atoms with Crippen molar-refractivity contribution < 1.29 is 27.8 Å². The lowest BCUT2D eigenvalue weighted by Crippen LogP contribution is -2.20. The molecule has 3 rings (SSSR count). The van der Waals surface area contributed by atoms with E-state index >= 15 is 0 Å². The quantitative estimate of drug-likeness (QED) is 0.604. The van der Waals surface area contributed by atoms with E-state index in [2.05, 4.69) is 10.3 Å². The second-order valence-electron chi connectivity index (χ2n) is 5.53. The largest absolute Gasteiger partial charge is 0.493 e. The summed E-state index contributed by atoms with van der Waals surface area (Å²) in [5, 5.41) is 4.47. The number of ether oxygens (including phenoxy) is 2. The van der Waals surface area contributed by atoms with Gasteiger partial charge in [0.15, 0.2) is 34.9 Å². The molecule has 28 heavy (non-hydrogen) atoms. The van der Waals surface area contributed by atoms with E-state index in [4.69, 9.17) is 9.47 Å². The van der Waals surface area contributed by atoms with Crippen molar-refractivity contribution in [3.05, 3.63) is 59.0 Å². The molecule has 2 aromatic carbocycles.